The van der Waals surface area contributed by atoms with Crippen molar-refractivity contribution in [3.8, 4) is 0 Å². The summed E-state index contributed by atoms with van der Waals surface area (Å²) >= 11 is 0. The molecule has 4 amide bonds. The summed E-state index contributed by atoms with van der Waals surface area (Å²) in [5.74, 6) is -0.756. The highest BCUT2D eigenvalue weighted by Crippen LogP contribution is 2.14. The molecule has 0 aliphatic carbocycles. The summed E-state index contributed by atoms with van der Waals surface area (Å²) in [7, 11) is 0. The lowest BCUT2D eigenvalue weighted by Gasteiger charge is -2.11. The third-order valence-corrected chi connectivity index (χ3v) is 2.81. The number of hydrogen-bond donors (Lipinski definition) is 4. The zero-order valence-corrected chi connectivity index (χ0v) is 13.1. The molecule has 0 aromatic heterocycles. The summed E-state index contributed by atoms with van der Waals surface area (Å²) in [4.78, 5) is 35.1. The van der Waals surface area contributed by atoms with E-state index in [9.17, 15) is 14.4 Å². The fraction of sp³-hybridized carbons (Fsp3) is 0.312. The van der Waals surface area contributed by atoms with Crippen LogP contribution in [-0.2, 0) is 4.79 Å². The molecule has 1 aromatic rings. The van der Waals surface area contributed by atoms with Crippen LogP contribution in [0, 0.1) is 0 Å². The number of anilines is 1. The van der Waals surface area contributed by atoms with Crippen LogP contribution in [0.5, 0.6) is 0 Å². The fourth-order valence-electron chi connectivity index (χ4n) is 1.72. The lowest BCUT2D eigenvalue weighted by atomic mass is 10.1. The van der Waals surface area contributed by atoms with Crippen molar-refractivity contribution in [2.24, 2.45) is 0 Å². The fourth-order valence-corrected chi connectivity index (χ4v) is 1.72. The number of urea groups is 1. The molecule has 1 aromatic carbocycles. The highest BCUT2D eigenvalue weighted by atomic mass is 16.2. The Morgan fingerprint density at radius 3 is 2.61 bits per heavy atom. The predicted molar refractivity (Wildman–Crippen MR) is 89.3 cm³/mol. The van der Waals surface area contributed by atoms with Crippen LogP contribution >= 0.6 is 0 Å². The van der Waals surface area contributed by atoms with Gasteiger partial charge in [0, 0.05) is 18.8 Å². The first-order valence-corrected chi connectivity index (χ1v) is 7.38. The van der Waals surface area contributed by atoms with Crippen LogP contribution in [0.2, 0.25) is 0 Å². The van der Waals surface area contributed by atoms with E-state index in [0.29, 0.717) is 24.3 Å². The van der Waals surface area contributed by atoms with Gasteiger partial charge in [0.25, 0.3) is 5.91 Å². The molecule has 0 bridgehead atoms. The summed E-state index contributed by atoms with van der Waals surface area (Å²) in [6.07, 6.45) is 2.36. The summed E-state index contributed by atoms with van der Waals surface area (Å²) < 4.78 is 0. The molecule has 124 valence electrons. The van der Waals surface area contributed by atoms with Crippen molar-refractivity contribution in [3.05, 3.63) is 42.5 Å². The van der Waals surface area contributed by atoms with E-state index < -0.39 is 11.9 Å². The van der Waals surface area contributed by atoms with Crippen molar-refractivity contribution in [1.82, 2.24) is 16.0 Å². The van der Waals surface area contributed by atoms with Gasteiger partial charge in [0.15, 0.2) is 0 Å². The maximum Gasteiger partial charge on any atom is 0.321 e. The maximum absolute atomic E-state index is 12.0. The van der Waals surface area contributed by atoms with E-state index in [-0.39, 0.29) is 12.5 Å². The summed E-state index contributed by atoms with van der Waals surface area (Å²) in [5.41, 5.74) is 0.927. The van der Waals surface area contributed by atoms with Crippen LogP contribution in [0.3, 0.4) is 0 Å². The third kappa shape index (κ3) is 6.64. The van der Waals surface area contributed by atoms with Gasteiger partial charge in [0.05, 0.1) is 12.1 Å². The van der Waals surface area contributed by atoms with Crippen LogP contribution in [0.15, 0.2) is 36.9 Å². The minimum Gasteiger partial charge on any atom is -0.375 e. The molecule has 0 aliphatic rings. The largest absolute Gasteiger partial charge is 0.375 e. The Morgan fingerprint density at radius 2 is 1.91 bits per heavy atom. The first kappa shape index (κ1) is 18.2. The Morgan fingerprint density at radius 1 is 1.17 bits per heavy atom. The molecule has 0 saturated carbocycles. The second kappa shape index (κ2) is 9.99. The number of hydrogen-bond acceptors (Lipinski definition) is 4. The van der Waals surface area contributed by atoms with Crippen molar-refractivity contribution in [2.45, 2.75) is 13.3 Å². The van der Waals surface area contributed by atoms with Crippen LogP contribution in [0.1, 0.15) is 23.7 Å². The number of imide groups is 1. The van der Waals surface area contributed by atoms with E-state index in [1.807, 2.05) is 6.92 Å². The van der Waals surface area contributed by atoms with E-state index in [2.05, 4.69) is 27.8 Å². The second-order valence-corrected chi connectivity index (χ2v) is 4.70. The van der Waals surface area contributed by atoms with Gasteiger partial charge in [-0.15, -0.1) is 6.58 Å². The Labute approximate surface area is 135 Å². The first-order valence-electron chi connectivity index (χ1n) is 7.38. The summed E-state index contributed by atoms with van der Waals surface area (Å²) in [6, 6.07) is 6.28. The molecule has 23 heavy (non-hydrogen) atoms. The second-order valence-electron chi connectivity index (χ2n) is 4.70. The number of rotatable bonds is 8. The number of nitrogens with one attached hydrogen (secondary N) is 4. The van der Waals surface area contributed by atoms with Crippen molar-refractivity contribution in [3.63, 3.8) is 0 Å². The normalized spacial score (nSPS) is 9.61. The minimum atomic E-state index is -0.532. The predicted octanol–water partition coefficient (Wildman–Crippen LogP) is 1.25. The Bertz CT molecular complexity index is 572. The highest BCUT2D eigenvalue weighted by molar-refractivity contribution is 6.01. The van der Waals surface area contributed by atoms with Gasteiger partial charge < -0.3 is 16.0 Å². The molecule has 0 unspecified atom stereocenters. The van der Waals surface area contributed by atoms with Crippen molar-refractivity contribution >= 4 is 23.5 Å². The van der Waals surface area contributed by atoms with Gasteiger partial charge in [-0.05, 0) is 18.6 Å². The summed E-state index contributed by atoms with van der Waals surface area (Å²) in [6.45, 7) is 6.18. The number of carbonyl (C=O) groups is 3. The monoisotopic (exact) mass is 318 g/mol. The van der Waals surface area contributed by atoms with Crippen LogP contribution in [0.25, 0.3) is 0 Å². The van der Waals surface area contributed by atoms with Crippen molar-refractivity contribution < 1.29 is 14.4 Å². The number of benzene rings is 1. The number of carbonyl (C=O) groups excluding carboxylic acids is 3. The molecule has 0 fully saturated rings. The molecule has 7 nitrogen and oxygen atoms in total. The molecular formula is C16H22N4O3. The first-order chi connectivity index (χ1) is 11.1. The molecule has 1 rings (SSSR count). The Hall–Kier alpha value is -2.83. The molecule has 0 aliphatic heterocycles. The average Bonchev–Trinajstić information content (AvgIpc) is 2.56. The van der Waals surface area contributed by atoms with Crippen LogP contribution in [0.4, 0.5) is 10.5 Å². The van der Waals surface area contributed by atoms with Crippen LogP contribution < -0.4 is 21.3 Å². The molecular weight excluding hydrogens is 296 g/mol. The van der Waals surface area contributed by atoms with Crippen molar-refractivity contribution in [2.75, 3.05) is 25.0 Å². The van der Waals surface area contributed by atoms with Gasteiger partial charge in [0.1, 0.15) is 0 Å². The maximum atomic E-state index is 12.0. The van der Waals surface area contributed by atoms with Gasteiger partial charge in [-0.3, -0.25) is 14.9 Å². The quantitative estimate of drug-likeness (QED) is 0.542. The summed E-state index contributed by atoms with van der Waals surface area (Å²) in [5, 5.41) is 10.3. The van der Waals surface area contributed by atoms with Gasteiger partial charge in [-0.1, -0.05) is 25.1 Å². The van der Waals surface area contributed by atoms with E-state index in [0.717, 1.165) is 6.42 Å². The van der Waals surface area contributed by atoms with Crippen molar-refractivity contribution in [1.29, 1.82) is 0 Å². The molecule has 0 saturated heterocycles. The Balaban J connectivity index is 2.57. The SMILES string of the molecule is C=CCNC(=O)c1ccccc1NCC(=O)NC(=O)NCCC. The van der Waals surface area contributed by atoms with Gasteiger partial charge in [-0.25, -0.2) is 4.79 Å². The van der Waals surface area contributed by atoms with Crippen LogP contribution in [-0.4, -0.2) is 37.5 Å². The van der Waals surface area contributed by atoms with E-state index >= 15 is 0 Å². The lowest BCUT2D eigenvalue weighted by Crippen LogP contribution is -2.42. The smallest absolute Gasteiger partial charge is 0.321 e. The molecule has 0 spiro atoms. The highest BCUT2D eigenvalue weighted by Gasteiger charge is 2.12. The van der Waals surface area contributed by atoms with Gasteiger partial charge >= 0.3 is 6.03 Å². The van der Waals surface area contributed by atoms with E-state index in [4.69, 9.17) is 0 Å². The molecule has 0 atom stereocenters. The van der Waals surface area contributed by atoms with E-state index in [1.165, 1.54) is 0 Å². The molecule has 4 N–H and O–H groups in total. The zero-order valence-electron chi connectivity index (χ0n) is 13.1. The molecule has 7 heteroatoms. The molecule has 0 heterocycles. The standard InChI is InChI=1S/C16H22N4O3/c1-3-9-17-15(22)12-7-5-6-8-13(12)19-11-14(21)20-16(23)18-10-4-2/h3,5-8,19H,1,4,9-11H2,2H3,(H,17,22)(H2,18,20,21,23). The van der Waals surface area contributed by atoms with Gasteiger partial charge in [0.2, 0.25) is 5.91 Å². The lowest BCUT2D eigenvalue weighted by molar-refractivity contribution is -0.118. The van der Waals surface area contributed by atoms with E-state index in [1.54, 1.807) is 30.3 Å². The zero-order chi connectivity index (χ0) is 17.1. The topological polar surface area (TPSA) is 99.3 Å². The Kier molecular flexibility index (Phi) is 7.91. The van der Waals surface area contributed by atoms with Gasteiger partial charge in [-0.2, -0.15) is 0 Å². The average molecular weight is 318 g/mol. The minimum absolute atomic E-state index is 0.120. The number of amides is 4. The third-order valence-electron chi connectivity index (χ3n) is 2.81. The number of para-hydroxylation sites is 1. The molecule has 0 radical (unpaired) electrons.